The van der Waals surface area contributed by atoms with Crippen molar-refractivity contribution in [3.05, 3.63) is 170 Å². The molecule has 4 nitrogen and oxygen atoms in total. The highest BCUT2D eigenvalue weighted by molar-refractivity contribution is 7.27. The molecule has 5 heteroatoms. The lowest BCUT2D eigenvalue weighted by molar-refractivity contribution is 1.02. The highest BCUT2D eigenvalue weighted by Gasteiger charge is 2.23. The van der Waals surface area contributed by atoms with Crippen LogP contribution in [0.25, 0.3) is 108 Å². The van der Waals surface area contributed by atoms with E-state index in [2.05, 4.69) is 179 Å². The summed E-state index contributed by atoms with van der Waals surface area (Å²) in [4.78, 5) is 10.8. The largest absolute Gasteiger partial charge is 0.309 e. The topological polar surface area (TPSA) is 35.6 Å². The van der Waals surface area contributed by atoms with Crippen LogP contribution in [0, 0.1) is 0 Å². The molecule has 0 bridgehead atoms. The van der Waals surface area contributed by atoms with Crippen LogP contribution < -0.4 is 0 Å². The first-order valence-electron chi connectivity index (χ1n) is 17.9. The molecule has 0 saturated carbocycles. The van der Waals surface area contributed by atoms with Crippen molar-refractivity contribution in [2.75, 3.05) is 0 Å². The molecular weight excluding hydrogens is 665 g/mol. The fraction of sp³-hybridized carbons (Fsp3) is 0. The molecule has 53 heavy (non-hydrogen) atoms. The Bertz CT molecular complexity index is 3460. The van der Waals surface area contributed by atoms with Crippen molar-refractivity contribution in [1.29, 1.82) is 0 Å². The predicted octanol–water partition coefficient (Wildman–Crippen LogP) is 13.0. The summed E-state index contributed by atoms with van der Waals surface area (Å²) in [6.07, 6.45) is 0. The number of rotatable bonds is 3. The standard InChI is InChI=1S/C48H28N4S/c1-2-14-32(15-3-1)51-40-21-11-8-18-36(40)43-41(51)26-24-37-44-42(53-47(37)43)27-25-34-33-16-7-10-20-39(33)52(46(34)44)48-49-38-19-9-6-17-35(38)45(50-48)31-23-22-29-12-4-5-13-30(29)28-31/h1-28H. The van der Waals surface area contributed by atoms with Gasteiger partial charge in [0.2, 0.25) is 5.95 Å². The van der Waals surface area contributed by atoms with E-state index in [1.54, 1.807) is 0 Å². The monoisotopic (exact) mass is 692 g/mol. The van der Waals surface area contributed by atoms with E-state index in [4.69, 9.17) is 9.97 Å². The summed E-state index contributed by atoms with van der Waals surface area (Å²) in [5.41, 5.74) is 8.75. The minimum atomic E-state index is 0.673. The fourth-order valence-corrected chi connectivity index (χ4v) is 9.87. The first-order valence-corrected chi connectivity index (χ1v) is 18.7. The van der Waals surface area contributed by atoms with Crippen LogP contribution in [-0.4, -0.2) is 19.1 Å². The molecule has 0 spiro atoms. The smallest absolute Gasteiger partial charge is 0.235 e. The van der Waals surface area contributed by atoms with Crippen LogP contribution in [-0.2, 0) is 0 Å². The van der Waals surface area contributed by atoms with E-state index in [1.807, 2.05) is 11.3 Å². The summed E-state index contributed by atoms with van der Waals surface area (Å²) in [6.45, 7) is 0. The van der Waals surface area contributed by atoms with E-state index in [0.29, 0.717) is 5.95 Å². The summed E-state index contributed by atoms with van der Waals surface area (Å²) in [7, 11) is 0. The first kappa shape index (κ1) is 28.8. The maximum Gasteiger partial charge on any atom is 0.235 e. The Kier molecular flexibility index (Phi) is 5.90. The number of aromatic nitrogens is 4. The Morgan fingerprint density at radius 2 is 1.13 bits per heavy atom. The van der Waals surface area contributed by atoms with Gasteiger partial charge in [-0.3, -0.25) is 4.57 Å². The number of hydrogen-bond donors (Lipinski definition) is 0. The molecular formula is C48H28N4S. The van der Waals surface area contributed by atoms with Crippen LogP contribution >= 0.6 is 11.3 Å². The number of hydrogen-bond acceptors (Lipinski definition) is 3. The van der Waals surface area contributed by atoms with Crippen molar-refractivity contribution in [2.24, 2.45) is 0 Å². The lowest BCUT2D eigenvalue weighted by Crippen LogP contribution is -2.03. The van der Waals surface area contributed by atoms with Crippen LogP contribution in [0.5, 0.6) is 0 Å². The van der Waals surface area contributed by atoms with E-state index in [-0.39, 0.29) is 0 Å². The quantitative estimate of drug-likeness (QED) is 0.185. The Hall–Kier alpha value is -6.82. The SMILES string of the molecule is c1ccc(-n2c3ccccc3c3c4sc5ccc6c7ccccc7n(-c7nc(-c8ccc9ccccc9c8)c8ccccc8n7)c6c5c4ccc32)cc1. The minimum Gasteiger partial charge on any atom is -0.309 e. The zero-order valence-electron chi connectivity index (χ0n) is 28.4. The van der Waals surface area contributed by atoms with E-state index in [0.717, 1.165) is 38.9 Å². The highest BCUT2D eigenvalue weighted by Crippen LogP contribution is 2.47. The molecule has 0 aliphatic rings. The molecule has 0 fully saturated rings. The third-order valence-corrected chi connectivity index (χ3v) is 12.1. The molecule has 246 valence electrons. The van der Waals surface area contributed by atoms with Gasteiger partial charge in [-0.05, 0) is 59.3 Å². The second-order valence-electron chi connectivity index (χ2n) is 13.8. The molecule has 0 saturated heterocycles. The molecule has 0 unspecified atom stereocenters. The van der Waals surface area contributed by atoms with Gasteiger partial charge in [-0.2, -0.15) is 0 Å². The van der Waals surface area contributed by atoms with Crippen molar-refractivity contribution in [2.45, 2.75) is 0 Å². The molecule has 0 aliphatic carbocycles. The highest BCUT2D eigenvalue weighted by atomic mass is 32.1. The molecule has 4 heterocycles. The average Bonchev–Trinajstić information content (AvgIpc) is 3.88. The molecule has 4 aromatic heterocycles. The number of para-hydroxylation sites is 4. The van der Waals surface area contributed by atoms with Gasteiger partial charge in [0.1, 0.15) is 0 Å². The third-order valence-electron chi connectivity index (χ3n) is 10.9. The maximum absolute atomic E-state index is 5.47. The van der Waals surface area contributed by atoms with Crippen LogP contribution in [0.3, 0.4) is 0 Å². The summed E-state index contributed by atoms with van der Waals surface area (Å²) >= 11 is 1.88. The van der Waals surface area contributed by atoms with Gasteiger partial charge in [0.25, 0.3) is 0 Å². The molecule has 0 radical (unpaired) electrons. The Balaban J connectivity index is 1.21. The molecule has 12 rings (SSSR count). The van der Waals surface area contributed by atoms with Gasteiger partial charge in [-0.15, -0.1) is 11.3 Å². The zero-order valence-corrected chi connectivity index (χ0v) is 29.2. The van der Waals surface area contributed by atoms with Gasteiger partial charge in [0.15, 0.2) is 0 Å². The summed E-state index contributed by atoms with van der Waals surface area (Å²) in [6, 6.07) is 60.9. The van der Waals surface area contributed by atoms with Gasteiger partial charge in [-0.1, -0.05) is 121 Å². The first-order chi connectivity index (χ1) is 26.3. The van der Waals surface area contributed by atoms with E-state index in [9.17, 15) is 0 Å². The van der Waals surface area contributed by atoms with Gasteiger partial charge in [0.05, 0.1) is 33.3 Å². The third kappa shape index (κ3) is 4.05. The minimum absolute atomic E-state index is 0.673. The number of fused-ring (bicyclic) bond motifs is 13. The molecule has 0 N–H and O–H groups in total. The van der Waals surface area contributed by atoms with Gasteiger partial charge in [-0.25, -0.2) is 9.97 Å². The summed E-state index contributed by atoms with van der Waals surface area (Å²) < 4.78 is 7.26. The van der Waals surface area contributed by atoms with Crippen LogP contribution in [0.4, 0.5) is 0 Å². The predicted molar refractivity (Wildman–Crippen MR) is 224 cm³/mol. The lowest BCUT2D eigenvalue weighted by Gasteiger charge is -2.13. The fourth-order valence-electron chi connectivity index (χ4n) is 8.61. The Morgan fingerprint density at radius 1 is 0.434 bits per heavy atom. The lowest BCUT2D eigenvalue weighted by atomic mass is 10.0. The molecule has 0 aliphatic heterocycles. The van der Waals surface area contributed by atoms with Crippen LogP contribution in [0.15, 0.2) is 170 Å². The van der Waals surface area contributed by atoms with E-state index < -0.39 is 0 Å². The Labute approximate surface area is 307 Å². The van der Waals surface area contributed by atoms with Gasteiger partial charge in [0, 0.05) is 58.4 Å². The normalized spacial score (nSPS) is 12.2. The van der Waals surface area contributed by atoms with Crippen molar-refractivity contribution in [3.63, 3.8) is 0 Å². The molecule has 0 amide bonds. The van der Waals surface area contributed by atoms with Crippen LogP contribution in [0.1, 0.15) is 0 Å². The van der Waals surface area contributed by atoms with Gasteiger partial charge < -0.3 is 4.57 Å². The Morgan fingerprint density at radius 3 is 2.00 bits per heavy atom. The van der Waals surface area contributed by atoms with E-state index in [1.165, 1.54) is 63.5 Å². The molecule has 8 aromatic carbocycles. The maximum atomic E-state index is 5.47. The number of thiophene rings is 1. The van der Waals surface area contributed by atoms with Crippen molar-refractivity contribution >= 4 is 96.8 Å². The average molecular weight is 693 g/mol. The summed E-state index contributed by atoms with van der Waals surface area (Å²) in [5, 5.41) is 10.9. The van der Waals surface area contributed by atoms with Crippen molar-refractivity contribution in [3.8, 4) is 22.9 Å². The number of benzene rings is 8. The molecule has 12 aromatic rings. The van der Waals surface area contributed by atoms with Crippen LogP contribution in [0.2, 0.25) is 0 Å². The zero-order chi connectivity index (χ0) is 34.6. The van der Waals surface area contributed by atoms with Crippen molar-refractivity contribution < 1.29 is 0 Å². The van der Waals surface area contributed by atoms with Gasteiger partial charge >= 0.3 is 0 Å². The number of nitrogens with zero attached hydrogens (tertiary/aromatic N) is 4. The second kappa shape index (κ2) is 10.8. The van der Waals surface area contributed by atoms with E-state index >= 15 is 0 Å². The molecule has 0 atom stereocenters. The second-order valence-corrected chi connectivity index (χ2v) is 14.8. The van der Waals surface area contributed by atoms with Crippen molar-refractivity contribution in [1.82, 2.24) is 19.1 Å². The summed E-state index contributed by atoms with van der Waals surface area (Å²) in [5.74, 6) is 0.673.